The quantitative estimate of drug-likeness (QED) is 0.306. The van der Waals surface area contributed by atoms with Crippen molar-refractivity contribution in [2.75, 3.05) is 13.7 Å². The maximum atomic E-state index is 5.41. The molecule has 0 aliphatic heterocycles. The number of guanidine groups is 1. The molecule has 0 saturated heterocycles. The number of nitrogens with zero attached hydrogens (tertiary/aromatic N) is 2. The van der Waals surface area contributed by atoms with Gasteiger partial charge in [0, 0.05) is 24.2 Å². The van der Waals surface area contributed by atoms with Gasteiger partial charge >= 0.3 is 0 Å². The van der Waals surface area contributed by atoms with Gasteiger partial charge in [0.25, 0.3) is 0 Å². The standard InChI is InChI=1S/C11H21N5OS/c1-4-9-5-13-10(18-9)6-14-11(16-12)15-8(2)7-17-3/h5,8H,4,6-7,12H2,1-3H3,(H2,14,15,16). The van der Waals surface area contributed by atoms with Gasteiger partial charge in [0.1, 0.15) is 5.01 Å². The highest BCUT2D eigenvalue weighted by Gasteiger charge is 2.04. The van der Waals surface area contributed by atoms with Crippen LogP contribution in [0.2, 0.25) is 0 Å². The molecule has 1 heterocycles. The zero-order valence-electron chi connectivity index (χ0n) is 11.1. The summed E-state index contributed by atoms with van der Waals surface area (Å²) >= 11 is 1.68. The van der Waals surface area contributed by atoms with E-state index in [1.165, 1.54) is 4.88 Å². The second-order valence-corrected chi connectivity index (χ2v) is 5.08. The van der Waals surface area contributed by atoms with Gasteiger partial charge in [-0.3, -0.25) is 5.43 Å². The summed E-state index contributed by atoms with van der Waals surface area (Å²) in [7, 11) is 1.66. The van der Waals surface area contributed by atoms with Crippen LogP contribution in [0.3, 0.4) is 0 Å². The number of aryl methyl sites for hydroxylation is 1. The third-order valence-electron chi connectivity index (χ3n) is 2.26. The fraction of sp³-hybridized carbons (Fsp3) is 0.636. The van der Waals surface area contributed by atoms with Gasteiger partial charge in [-0.05, 0) is 13.3 Å². The Bertz CT molecular complexity index is 379. The fourth-order valence-corrected chi connectivity index (χ4v) is 2.18. The molecule has 4 N–H and O–H groups in total. The van der Waals surface area contributed by atoms with E-state index in [-0.39, 0.29) is 6.04 Å². The van der Waals surface area contributed by atoms with Crippen LogP contribution in [0.25, 0.3) is 0 Å². The molecule has 1 aromatic heterocycles. The van der Waals surface area contributed by atoms with Crippen LogP contribution in [0.4, 0.5) is 0 Å². The molecule has 102 valence electrons. The van der Waals surface area contributed by atoms with Crippen LogP contribution in [0, 0.1) is 0 Å². The molecule has 18 heavy (non-hydrogen) atoms. The van der Waals surface area contributed by atoms with Crippen molar-refractivity contribution in [1.29, 1.82) is 0 Å². The topological polar surface area (TPSA) is 84.6 Å². The van der Waals surface area contributed by atoms with Gasteiger partial charge in [-0.25, -0.2) is 15.8 Å². The molecule has 1 atom stereocenters. The highest BCUT2D eigenvalue weighted by Crippen LogP contribution is 2.13. The molecular formula is C11H21N5OS. The normalized spacial score (nSPS) is 13.4. The summed E-state index contributed by atoms with van der Waals surface area (Å²) in [5.41, 5.74) is 2.54. The summed E-state index contributed by atoms with van der Waals surface area (Å²) in [6.45, 7) is 5.23. The lowest BCUT2D eigenvalue weighted by Crippen LogP contribution is -2.46. The van der Waals surface area contributed by atoms with Crippen LogP contribution in [-0.2, 0) is 17.7 Å². The van der Waals surface area contributed by atoms with Gasteiger partial charge in [-0.2, -0.15) is 0 Å². The Kier molecular flexibility index (Phi) is 6.63. The number of hydrogen-bond acceptors (Lipinski definition) is 5. The van der Waals surface area contributed by atoms with Gasteiger partial charge in [0.05, 0.1) is 13.2 Å². The van der Waals surface area contributed by atoms with Gasteiger partial charge < -0.3 is 10.1 Å². The molecule has 0 aliphatic carbocycles. The summed E-state index contributed by atoms with van der Waals surface area (Å²) in [5.74, 6) is 5.96. The van der Waals surface area contributed by atoms with E-state index >= 15 is 0 Å². The number of thiazole rings is 1. The number of aliphatic imine (C=N–C) groups is 1. The highest BCUT2D eigenvalue weighted by molar-refractivity contribution is 7.11. The molecule has 0 spiro atoms. The van der Waals surface area contributed by atoms with Crippen LogP contribution in [0.15, 0.2) is 11.2 Å². The number of hydrogen-bond donors (Lipinski definition) is 3. The van der Waals surface area contributed by atoms with Crippen LogP contribution >= 0.6 is 11.3 Å². The molecule has 0 amide bonds. The number of ether oxygens (including phenoxy) is 1. The number of nitrogens with two attached hydrogens (primary N) is 1. The van der Waals surface area contributed by atoms with E-state index in [0.29, 0.717) is 19.1 Å². The second kappa shape index (κ2) is 8.02. The number of rotatable bonds is 6. The molecule has 0 saturated carbocycles. The molecule has 1 rings (SSSR count). The Labute approximate surface area is 112 Å². The number of nitrogens with one attached hydrogen (secondary N) is 2. The van der Waals surface area contributed by atoms with Crippen molar-refractivity contribution < 1.29 is 4.74 Å². The fourth-order valence-electron chi connectivity index (χ4n) is 1.39. The van der Waals surface area contributed by atoms with Crippen LogP contribution in [0.1, 0.15) is 23.7 Å². The van der Waals surface area contributed by atoms with Crippen LogP contribution < -0.4 is 16.6 Å². The van der Waals surface area contributed by atoms with Crippen molar-refractivity contribution in [3.63, 3.8) is 0 Å². The zero-order chi connectivity index (χ0) is 13.4. The number of methoxy groups -OCH3 is 1. The van der Waals surface area contributed by atoms with Crippen molar-refractivity contribution in [2.24, 2.45) is 10.8 Å². The van der Waals surface area contributed by atoms with Gasteiger partial charge in [-0.15, -0.1) is 11.3 Å². The molecule has 1 unspecified atom stereocenters. The Morgan fingerprint density at radius 1 is 1.67 bits per heavy atom. The Morgan fingerprint density at radius 2 is 2.44 bits per heavy atom. The Balaban J connectivity index is 2.51. The predicted molar refractivity (Wildman–Crippen MR) is 74.4 cm³/mol. The van der Waals surface area contributed by atoms with Gasteiger partial charge in [0.15, 0.2) is 0 Å². The lowest BCUT2D eigenvalue weighted by molar-refractivity contribution is 0.179. The van der Waals surface area contributed by atoms with E-state index < -0.39 is 0 Å². The van der Waals surface area contributed by atoms with E-state index in [2.05, 4.69) is 27.6 Å². The number of aromatic nitrogens is 1. The molecule has 0 radical (unpaired) electrons. The van der Waals surface area contributed by atoms with Crippen molar-refractivity contribution in [2.45, 2.75) is 32.9 Å². The van der Waals surface area contributed by atoms with Crippen LogP contribution in [-0.4, -0.2) is 30.7 Å². The summed E-state index contributed by atoms with van der Waals surface area (Å²) in [5, 5.41) is 4.11. The van der Waals surface area contributed by atoms with Crippen molar-refractivity contribution in [3.05, 3.63) is 16.1 Å². The molecule has 0 fully saturated rings. The zero-order valence-corrected chi connectivity index (χ0v) is 11.9. The second-order valence-electron chi connectivity index (χ2n) is 3.88. The van der Waals surface area contributed by atoms with E-state index in [1.807, 2.05) is 13.1 Å². The first-order valence-electron chi connectivity index (χ1n) is 5.89. The average Bonchev–Trinajstić information content (AvgIpc) is 2.82. The third kappa shape index (κ3) is 4.99. The van der Waals surface area contributed by atoms with E-state index in [1.54, 1.807) is 18.4 Å². The van der Waals surface area contributed by atoms with E-state index in [0.717, 1.165) is 11.4 Å². The molecule has 0 bridgehead atoms. The minimum absolute atomic E-state index is 0.146. The first kappa shape index (κ1) is 14.9. The van der Waals surface area contributed by atoms with Crippen molar-refractivity contribution >= 4 is 17.3 Å². The maximum absolute atomic E-state index is 5.41. The largest absolute Gasteiger partial charge is 0.383 e. The first-order valence-corrected chi connectivity index (χ1v) is 6.71. The van der Waals surface area contributed by atoms with Crippen molar-refractivity contribution in [1.82, 2.24) is 15.7 Å². The van der Waals surface area contributed by atoms with Gasteiger partial charge in [-0.1, -0.05) is 6.92 Å². The average molecular weight is 271 g/mol. The highest BCUT2D eigenvalue weighted by atomic mass is 32.1. The minimum atomic E-state index is 0.146. The smallest absolute Gasteiger partial charge is 0.206 e. The first-order chi connectivity index (χ1) is 8.69. The minimum Gasteiger partial charge on any atom is -0.383 e. The van der Waals surface area contributed by atoms with Crippen molar-refractivity contribution in [3.8, 4) is 0 Å². The van der Waals surface area contributed by atoms with E-state index in [4.69, 9.17) is 10.6 Å². The maximum Gasteiger partial charge on any atom is 0.206 e. The Morgan fingerprint density at radius 3 is 3.00 bits per heavy atom. The summed E-state index contributed by atoms with van der Waals surface area (Å²) in [4.78, 5) is 9.91. The van der Waals surface area contributed by atoms with Crippen LogP contribution in [0.5, 0.6) is 0 Å². The SMILES string of the molecule is CCc1cnc(CN=C(NN)NC(C)COC)s1. The number of hydrazine groups is 1. The monoisotopic (exact) mass is 271 g/mol. The molecule has 7 heteroatoms. The van der Waals surface area contributed by atoms with E-state index in [9.17, 15) is 0 Å². The lowest BCUT2D eigenvalue weighted by atomic mass is 10.4. The molecular weight excluding hydrogens is 250 g/mol. The Hall–Kier alpha value is -1.18. The predicted octanol–water partition coefficient (Wildman–Crippen LogP) is 0.649. The molecule has 1 aromatic rings. The molecule has 0 aromatic carbocycles. The molecule has 0 aliphatic rings. The molecule has 6 nitrogen and oxygen atoms in total. The summed E-state index contributed by atoms with van der Waals surface area (Å²) in [6.07, 6.45) is 2.90. The lowest BCUT2D eigenvalue weighted by Gasteiger charge is -2.15. The van der Waals surface area contributed by atoms with Gasteiger partial charge in [0.2, 0.25) is 5.96 Å². The third-order valence-corrected chi connectivity index (χ3v) is 3.39. The summed E-state index contributed by atoms with van der Waals surface area (Å²) in [6, 6.07) is 0.146. The summed E-state index contributed by atoms with van der Waals surface area (Å²) < 4.78 is 5.03.